The zero-order valence-electron chi connectivity index (χ0n) is 5.82. The molecule has 0 amide bonds. The minimum absolute atomic E-state index is 0. The van der Waals surface area contributed by atoms with Gasteiger partial charge >= 0.3 is 0 Å². The monoisotopic (exact) mass is 414 g/mol. The van der Waals surface area contributed by atoms with Crippen molar-refractivity contribution in [3.63, 3.8) is 0 Å². The molecule has 0 aliphatic heterocycles. The van der Waals surface area contributed by atoms with Crippen molar-refractivity contribution in [1.82, 2.24) is 0 Å². The average molecular weight is 414 g/mol. The number of hydrogen-bond donors (Lipinski definition) is 0. The van der Waals surface area contributed by atoms with Gasteiger partial charge in [0.05, 0.1) is 0 Å². The molecule has 0 atom stereocenters. The van der Waals surface area contributed by atoms with Gasteiger partial charge in [-0.3, -0.25) is 0 Å². The van der Waals surface area contributed by atoms with Crippen molar-refractivity contribution in [3.05, 3.63) is 0 Å². The standard InChI is InChI=1S/2ClH.Hf.9H2O/h2*1H;;9*1H2. The second-order valence-corrected chi connectivity index (χ2v) is 0. The minimum atomic E-state index is 0. The second-order valence-electron chi connectivity index (χ2n) is 0. The predicted molar refractivity (Wildman–Crippen MR) is 47.0 cm³/mol. The fraction of sp³-hybridized carbons (Fsp3) is 0. The summed E-state index contributed by atoms with van der Waals surface area (Å²) in [6, 6.07) is 0. The van der Waals surface area contributed by atoms with Crippen molar-refractivity contribution < 1.29 is 75.1 Å². The van der Waals surface area contributed by atoms with Crippen LogP contribution in [0.5, 0.6) is 0 Å². The van der Waals surface area contributed by atoms with Gasteiger partial charge in [-0.2, -0.15) is 0 Å². The number of rotatable bonds is 0. The molecule has 0 rings (SSSR count). The summed E-state index contributed by atoms with van der Waals surface area (Å²) >= 11 is 0. The van der Waals surface area contributed by atoms with Crippen LogP contribution in [-0.2, 0) is 25.8 Å². The van der Waals surface area contributed by atoms with Gasteiger partial charge in [0, 0.05) is 25.8 Å². The van der Waals surface area contributed by atoms with Crippen LogP contribution >= 0.6 is 24.8 Å². The molecule has 18 N–H and O–H groups in total. The summed E-state index contributed by atoms with van der Waals surface area (Å²) in [6.45, 7) is 0. The Morgan fingerprint density at radius 1 is 0.250 bits per heavy atom. The van der Waals surface area contributed by atoms with Crippen LogP contribution in [0.25, 0.3) is 0 Å². The van der Waals surface area contributed by atoms with Crippen LogP contribution in [0.3, 0.4) is 0 Å². The van der Waals surface area contributed by atoms with Gasteiger partial charge in [0.15, 0.2) is 0 Å². The van der Waals surface area contributed by atoms with Crippen molar-refractivity contribution in [1.29, 1.82) is 0 Å². The quantitative estimate of drug-likeness (QED) is 0.334. The van der Waals surface area contributed by atoms with Gasteiger partial charge in [-0.05, 0) is 0 Å². The smallest absolute Gasteiger partial charge is 0 e. The van der Waals surface area contributed by atoms with Crippen molar-refractivity contribution in [2.75, 3.05) is 0 Å². The summed E-state index contributed by atoms with van der Waals surface area (Å²) in [5.41, 5.74) is 0. The van der Waals surface area contributed by atoms with Crippen LogP contribution in [-0.4, -0.2) is 49.3 Å². The molecule has 0 spiro atoms. The van der Waals surface area contributed by atoms with E-state index in [1.807, 2.05) is 0 Å². The van der Waals surface area contributed by atoms with Crippen LogP contribution in [0.1, 0.15) is 0 Å². The molecule has 0 aliphatic rings. The van der Waals surface area contributed by atoms with Gasteiger partial charge in [0.2, 0.25) is 0 Å². The summed E-state index contributed by atoms with van der Waals surface area (Å²) in [4.78, 5) is 0. The SMILES string of the molecule is Cl.Cl.O.O.O.O.O.O.O.O.O.[Hf]. The summed E-state index contributed by atoms with van der Waals surface area (Å²) < 4.78 is 0. The van der Waals surface area contributed by atoms with E-state index in [1.165, 1.54) is 0 Å². The third-order valence-electron chi connectivity index (χ3n) is 0. The van der Waals surface area contributed by atoms with Gasteiger partial charge < -0.3 is 49.3 Å². The summed E-state index contributed by atoms with van der Waals surface area (Å²) in [7, 11) is 0. The topological polar surface area (TPSA) is 284 Å². The maximum atomic E-state index is 0. The first-order valence-electron chi connectivity index (χ1n) is 0. The molecule has 0 aromatic rings. The fourth-order valence-electron chi connectivity index (χ4n) is 0. The molecule has 0 saturated heterocycles. The number of halogens is 2. The van der Waals surface area contributed by atoms with Crippen molar-refractivity contribution in [2.24, 2.45) is 0 Å². The van der Waals surface area contributed by atoms with Gasteiger partial charge in [0.1, 0.15) is 0 Å². The van der Waals surface area contributed by atoms with Crippen molar-refractivity contribution >= 4 is 24.8 Å². The normalized spacial score (nSPS) is 0. The fourth-order valence-corrected chi connectivity index (χ4v) is 0. The minimum Gasteiger partial charge on any atom is -0.412 e. The van der Waals surface area contributed by atoms with Gasteiger partial charge in [-0.1, -0.05) is 0 Å². The Kier molecular flexibility index (Phi) is 168000. The Labute approximate surface area is 99.9 Å². The molecule has 12 heteroatoms. The molecule has 0 unspecified atom stereocenters. The largest absolute Gasteiger partial charge is 0.412 e. The third kappa shape index (κ3) is 950. The van der Waals surface area contributed by atoms with E-state index in [0.29, 0.717) is 0 Å². The number of hydrogen-bond acceptors (Lipinski definition) is 0. The Morgan fingerprint density at radius 3 is 0.250 bits per heavy atom. The van der Waals surface area contributed by atoms with Crippen LogP contribution < -0.4 is 0 Å². The third-order valence-corrected chi connectivity index (χ3v) is 0. The molecule has 12 heavy (non-hydrogen) atoms. The second kappa shape index (κ2) is 1250. The zero-order chi connectivity index (χ0) is 0. The molecular weight excluding hydrogens is 393 g/mol. The van der Waals surface area contributed by atoms with Crippen LogP contribution in [0.15, 0.2) is 0 Å². The van der Waals surface area contributed by atoms with Gasteiger partial charge in [-0.25, -0.2) is 0 Å². The van der Waals surface area contributed by atoms with E-state index >= 15 is 0 Å². The first-order chi connectivity index (χ1) is 0. The van der Waals surface area contributed by atoms with Crippen LogP contribution in [0, 0.1) is 0 Å². The summed E-state index contributed by atoms with van der Waals surface area (Å²) in [6.07, 6.45) is 0. The van der Waals surface area contributed by atoms with E-state index in [0.717, 1.165) is 0 Å². The molecule has 92 valence electrons. The van der Waals surface area contributed by atoms with Crippen molar-refractivity contribution in [2.45, 2.75) is 0 Å². The molecule has 0 aromatic carbocycles. The maximum Gasteiger partial charge on any atom is 0 e. The Hall–Kier alpha value is 1.09. The van der Waals surface area contributed by atoms with Crippen LogP contribution in [0.2, 0.25) is 0 Å². The first kappa shape index (κ1) is 1610. The predicted octanol–water partition coefficient (Wildman–Crippen LogP) is -6.58. The van der Waals surface area contributed by atoms with E-state index in [9.17, 15) is 0 Å². The maximum absolute atomic E-state index is 0. The molecule has 0 fully saturated rings. The molecule has 0 aliphatic carbocycles. The Balaban J connectivity index is 0. The Bertz CT molecular complexity index is 12.5. The molecule has 0 aromatic heterocycles. The van der Waals surface area contributed by atoms with Gasteiger partial charge in [-0.15, -0.1) is 24.8 Å². The molecular formula is H20Cl2HfO9. The molecule has 0 radical (unpaired) electrons. The van der Waals surface area contributed by atoms with E-state index in [2.05, 4.69) is 0 Å². The zero-order valence-corrected chi connectivity index (χ0v) is 11.0. The average Bonchev–Trinajstić information content (AvgIpc) is 0. The van der Waals surface area contributed by atoms with Crippen molar-refractivity contribution in [3.8, 4) is 0 Å². The van der Waals surface area contributed by atoms with E-state index in [-0.39, 0.29) is 99.9 Å². The van der Waals surface area contributed by atoms with Crippen LogP contribution in [0.4, 0.5) is 0 Å². The van der Waals surface area contributed by atoms with E-state index in [1.54, 1.807) is 0 Å². The van der Waals surface area contributed by atoms with E-state index < -0.39 is 0 Å². The Morgan fingerprint density at radius 2 is 0.250 bits per heavy atom. The van der Waals surface area contributed by atoms with E-state index in [4.69, 9.17) is 0 Å². The first-order valence-corrected chi connectivity index (χ1v) is 0. The summed E-state index contributed by atoms with van der Waals surface area (Å²) in [5, 5.41) is 0. The summed E-state index contributed by atoms with van der Waals surface area (Å²) in [5.74, 6) is 0. The molecule has 0 bridgehead atoms. The van der Waals surface area contributed by atoms with Gasteiger partial charge in [0.25, 0.3) is 0 Å². The molecule has 0 saturated carbocycles. The molecule has 0 heterocycles. The molecule has 9 nitrogen and oxygen atoms in total.